The molecule has 0 radical (unpaired) electrons. The molecule has 1 aromatic carbocycles. The van der Waals surface area contributed by atoms with Crippen LogP contribution in [0.3, 0.4) is 0 Å². The highest BCUT2D eigenvalue weighted by molar-refractivity contribution is 14.1. The molecule has 1 aromatic rings. The number of hydrogen-bond acceptors (Lipinski definition) is 1. The standard InChI is InChI=1S/C11H15IO/c1-2-3-8-13-11-6-4-10(9-12)5-7-11/h4-7H,2-3,8-9H2,1H3. The van der Waals surface area contributed by atoms with Gasteiger partial charge in [0.25, 0.3) is 0 Å². The summed E-state index contributed by atoms with van der Waals surface area (Å²) in [5.41, 5.74) is 1.35. The van der Waals surface area contributed by atoms with Crippen LogP contribution in [0.1, 0.15) is 25.3 Å². The van der Waals surface area contributed by atoms with Crippen LogP contribution in [0.4, 0.5) is 0 Å². The third-order valence-electron chi connectivity index (χ3n) is 1.84. The quantitative estimate of drug-likeness (QED) is 0.455. The van der Waals surface area contributed by atoms with Crippen LogP contribution in [0.25, 0.3) is 0 Å². The zero-order valence-electron chi connectivity index (χ0n) is 7.92. The van der Waals surface area contributed by atoms with Crippen molar-refractivity contribution in [1.82, 2.24) is 0 Å². The van der Waals surface area contributed by atoms with Crippen LogP contribution >= 0.6 is 22.6 Å². The van der Waals surface area contributed by atoms with Gasteiger partial charge in [-0.3, -0.25) is 0 Å². The van der Waals surface area contributed by atoms with Gasteiger partial charge in [0.15, 0.2) is 0 Å². The summed E-state index contributed by atoms with van der Waals surface area (Å²) in [5, 5.41) is 0. The summed E-state index contributed by atoms with van der Waals surface area (Å²) in [6.07, 6.45) is 2.32. The second-order valence-electron chi connectivity index (χ2n) is 2.98. The Kier molecular flexibility index (Phi) is 5.20. The Labute approximate surface area is 93.6 Å². The van der Waals surface area contributed by atoms with Gasteiger partial charge >= 0.3 is 0 Å². The summed E-state index contributed by atoms with van der Waals surface area (Å²) >= 11 is 2.36. The van der Waals surface area contributed by atoms with Gasteiger partial charge in [-0.05, 0) is 24.1 Å². The molecule has 0 fully saturated rings. The number of unbranched alkanes of at least 4 members (excludes halogenated alkanes) is 1. The van der Waals surface area contributed by atoms with E-state index in [4.69, 9.17) is 4.74 Å². The molecule has 1 nitrogen and oxygen atoms in total. The Balaban J connectivity index is 2.40. The Bertz CT molecular complexity index is 230. The fourth-order valence-electron chi connectivity index (χ4n) is 1.01. The second kappa shape index (κ2) is 6.24. The summed E-state index contributed by atoms with van der Waals surface area (Å²) in [6, 6.07) is 8.33. The van der Waals surface area contributed by atoms with Crippen molar-refractivity contribution in [3.63, 3.8) is 0 Å². The van der Waals surface area contributed by atoms with E-state index >= 15 is 0 Å². The van der Waals surface area contributed by atoms with E-state index in [1.807, 2.05) is 12.1 Å². The van der Waals surface area contributed by atoms with Crippen molar-refractivity contribution < 1.29 is 4.74 Å². The molecule has 72 valence electrons. The lowest BCUT2D eigenvalue weighted by Gasteiger charge is -2.05. The lowest BCUT2D eigenvalue weighted by atomic mass is 10.2. The fraction of sp³-hybridized carbons (Fsp3) is 0.455. The highest BCUT2D eigenvalue weighted by atomic mass is 127. The molecule has 0 aliphatic carbocycles. The lowest BCUT2D eigenvalue weighted by molar-refractivity contribution is 0.309. The molecule has 0 heterocycles. The molecule has 0 atom stereocenters. The normalized spacial score (nSPS) is 10.0. The number of halogens is 1. The summed E-state index contributed by atoms with van der Waals surface area (Å²) in [4.78, 5) is 0. The highest BCUT2D eigenvalue weighted by Gasteiger charge is 1.93. The zero-order valence-corrected chi connectivity index (χ0v) is 10.1. The number of alkyl halides is 1. The van der Waals surface area contributed by atoms with Gasteiger partial charge in [0.05, 0.1) is 6.61 Å². The predicted octanol–water partition coefficient (Wildman–Crippen LogP) is 3.80. The van der Waals surface area contributed by atoms with Crippen LogP contribution in [-0.4, -0.2) is 6.61 Å². The molecule has 0 aromatic heterocycles. The number of benzene rings is 1. The third kappa shape index (κ3) is 3.98. The average molecular weight is 290 g/mol. The van der Waals surface area contributed by atoms with E-state index in [9.17, 15) is 0 Å². The first kappa shape index (κ1) is 10.8. The minimum atomic E-state index is 0.833. The number of rotatable bonds is 5. The molecule has 0 unspecified atom stereocenters. The smallest absolute Gasteiger partial charge is 0.119 e. The van der Waals surface area contributed by atoms with Crippen molar-refractivity contribution in [2.45, 2.75) is 24.2 Å². The Morgan fingerprint density at radius 3 is 2.46 bits per heavy atom. The van der Waals surface area contributed by atoms with E-state index in [1.54, 1.807) is 0 Å². The Morgan fingerprint density at radius 2 is 1.92 bits per heavy atom. The number of ether oxygens (including phenoxy) is 1. The van der Waals surface area contributed by atoms with E-state index in [-0.39, 0.29) is 0 Å². The van der Waals surface area contributed by atoms with Crippen molar-refractivity contribution in [1.29, 1.82) is 0 Å². The van der Waals surface area contributed by atoms with Gasteiger partial charge in [0, 0.05) is 4.43 Å². The first-order valence-corrected chi connectivity index (χ1v) is 6.17. The molecule has 0 N–H and O–H groups in total. The minimum absolute atomic E-state index is 0.833. The summed E-state index contributed by atoms with van der Waals surface area (Å²) in [5.74, 6) is 0.988. The van der Waals surface area contributed by atoms with Gasteiger partial charge in [-0.2, -0.15) is 0 Å². The number of hydrogen-bond donors (Lipinski definition) is 0. The molecule has 1 rings (SSSR count). The molecule has 0 bridgehead atoms. The summed E-state index contributed by atoms with van der Waals surface area (Å²) in [7, 11) is 0. The van der Waals surface area contributed by atoms with Gasteiger partial charge < -0.3 is 4.74 Å². The zero-order chi connectivity index (χ0) is 9.52. The van der Waals surface area contributed by atoms with Crippen LogP contribution in [-0.2, 0) is 4.43 Å². The average Bonchev–Trinajstić information content (AvgIpc) is 2.19. The van der Waals surface area contributed by atoms with E-state index in [0.717, 1.165) is 23.2 Å². The molecule has 0 amide bonds. The summed E-state index contributed by atoms with van der Waals surface area (Å²) < 4.78 is 6.61. The predicted molar refractivity (Wildman–Crippen MR) is 64.6 cm³/mol. The molecular formula is C11H15IO. The molecule has 0 saturated heterocycles. The van der Waals surface area contributed by atoms with Crippen LogP contribution in [0.5, 0.6) is 5.75 Å². The van der Waals surface area contributed by atoms with Crippen molar-refractivity contribution in [2.75, 3.05) is 6.61 Å². The topological polar surface area (TPSA) is 9.23 Å². The maximum atomic E-state index is 5.54. The molecule has 0 aliphatic rings. The molecule has 0 saturated carbocycles. The van der Waals surface area contributed by atoms with Gasteiger partial charge in [0.2, 0.25) is 0 Å². The third-order valence-corrected chi connectivity index (χ3v) is 2.73. The van der Waals surface area contributed by atoms with E-state index in [2.05, 4.69) is 41.6 Å². The molecule has 2 heteroatoms. The van der Waals surface area contributed by atoms with Crippen LogP contribution in [0.2, 0.25) is 0 Å². The molecular weight excluding hydrogens is 275 g/mol. The fourth-order valence-corrected chi connectivity index (χ4v) is 1.52. The SMILES string of the molecule is CCCCOc1ccc(CI)cc1. The summed E-state index contributed by atoms with van der Waals surface area (Å²) in [6.45, 7) is 3.00. The van der Waals surface area contributed by atoms with E-state index in [1.165, 1.54) is 12.0 Å². The first-order valence-electron chi connectivity index (χ1n) is 4.64. The molecule has 0 aliphatic heterocycles. The van der Waals surface area contributed by atoms with E-state index < -0.39 is 0 Å². The van der Waals surface area contributed by atoms with Crippen molar-refractivity contribution in [2.24, 2.45) is 0 Å². The van der Waals surface area contributed by atoms with Crippen molar-refractivity contribution in [3.05, 3.63) is 29.8 Å². The van der Waals surface area contributed by atoms with Crippen molar-refractivity contribution in [3.8, 4) is 5.75 Å². The van der Waals surface area contributed by atoms with Gasteiger partial charge in [-0.25, -0.2) is 0 Å². The van der Waals surface area contributed by atoms with E-state index in [0.29, 0.717) is 0 Å². The van der Waals surface area contributed by atoms with Crippen LogP contribution in [0, 0.1) is 0 Å². The highest BCUT2D eigenvalue weighted by Crippen LogP contribution is 2.14. The Hall–Kier alpha value is -0.250. The van der Waals surface area contributed by atoms with Gasteiger partial charge in [-0.1, -0.05) is 48.1 Å². The lowest BCUT2D eigenvalue weighted by Crippen LogP contribution is -1.95. The first-order chi connectivity index (χ1) is 6.36. The van der Waals surface area contributed by atoms with Gasteiger partial charge in [0.1, 0.15) is 5.75 Å². The van der Waals surface area contributed by atoms with Crippen LogP contribution < -0.4 is 4.74 Å². The Morgan fingerprint density at radius 1 is 1.23 bits per heavy atom. The van der Waals surface area contributed by atoms with Crippen LogP contribution in [0.15, 0.2) is 24.3 Å². The second-order valence-corrected chi connectivity index (χ2v) is 3.74. The minimum Gasteiger partial charge on any atom is -0.494 e. The maximum Gasteiger partial charge on any atom is 0.119 e. The molecule has 0 spiro atoms. The molecule has 13 heavy (non-hydrogen) atoms. The van der Waals surface area contributed by atoms with Gasteiger partial charge in [-0.15, -0.1) is 0 Å². The largest absolute Gasteiger partial charge is 0.494 e. The monoisotopic (exact) mass is 290 g/mol. The van der Waals surface area contributed by atoms with Crippen molar-refractivity contribution >= 4 is 22.6 Å². The maximum absolute atomic E-state index is 5.54.